The van der Waals surface area contributed by atoms with Gasteiger partial charge < -0.3 is 18.9 Å². The molecule has 29 heavy (non-hydrogen) atoms. The minimum absolute atomic E-state index is 0.150. The van der Waals surface area contributed by atoms with Crippen molar-refractivity contribution < 1.29 is 33.3 Å². The molecule has 0 bridgehead atoms. The molecule has 1 fully saturated rings. The Morgan fingerprint density at radius 1 is 1.14 bits per heavy atom. The summed E-state index contributed by atoms with van der Waals surface area (Å²) in [7, 11) is 0. The van der Waals surface area contributed by atoms with Crippen molar-refractivity contribution in [2.45, 2.75) is 45.3 Å². The summed E-state index contributed by atoms with van der Waals surface area (Å²) in [5, 5.41) is 0. The van der Waals surface area contributed by atoms with E-state index in [4.69, 9.17) is 18.9 Å². The summed E-state index contributed by atoms with van der Waals surface area (Å²) in [6, 6.07) is 0. The number of nitrogens with zero attached hydrogens (tertiary/aromatic N) is 1. The lowest BCUT2D eigenvalue weighted by Gasteiger charge is -2.24. The molecule has 12 heteroatoms. The van der Waals surface area contributed by atoms with E-state index in [1.165, 1.54) is 19.2 Å². The topological polar surface area (TPSA) is 143 Å². The Hall–Kier alpha value is -2.48. The number of ether oxygens (including phenoxy) is 4. The molecule has 1 aliphatic rings. The van der Waals surface area contributed by atoms with Crippen molar-refractivity contribution >= 4 is 46.6 Å². The van der Waals surface area contributed by atoms with Crippen LogP contribution < -0.4 is 11.2 Å². The molecule has 158 valence electrons. The Kier molecular flexibility index (Phi) is 7.73. The Morgan fingerprint density at radius 2 is 1.76 bits per heavy atom. The van der Waals surface area contributed by atoms with Gasteiger partial charge in [-0.05, 0) is 10.2 Å². The maximum atomic E-state index is 12.4. The first-order chi connectivity index (χ1) is 13.6. The lowest BCUT2D eigenvalue weighted by Crippen LogP contribution is -2.42. The van der Waals surface area contributed by atoms with E-state index in [9.17, 15) is 24.0 Å². The zero-order valence-corrected chi connectivity index (χ0v) is 17.9. The molecule has 0 spiro atoms. The van der Waals surface area contributed by atoms with Gasteiger partial charge in [0.1, 0.15) is 12.7 Å². The molecule has 11 nitrogen and oxygen atoms in total. The predicted octanol–water partition coefficient (Wildman–Crippen LogP) is 0.266. The summed E-state index contributed by atoms with van der Waals surface area (Å²) in [5.74, 6) is -2.00. The lowest BCUT2D eigenvalue weighted by molar-refractivity contribution is -0.166. The molecule has 1 saturated heterocycles. The Morgan fingerprint density at radius 3 is 2.31 bits per heavy atom. The molecule has 1 N–H and O–H groups in total. The third-order valence-electron chi connectivity index (χ3n) is 3.85. The SMILES string of the molecule is CC(=O)OC[C@H]1O[C@@H](n2cc(/C=C\I)c(=O)[nH]c2=O)[C@@H](OC(C)=O)[C@@H]1OC(C)=O. The monoisotopic (exact) mass is 522 g/mol. The van der Waals surface area contributed by atoms with Gasteiger partial charge in [-0.1, -0.05) is 22.6 Å². The smallest absolute Gasteiger partial charge is 0.330 e. The number of halogens is 1. The van der Waals surface area contributed by atoms with Crippen molar-refractivity contribution in [2.24, 2.45) is 0 Å². The zero-order valence-electron chi connectivity index (χ0n) is 15.7. The first kappa shape index (κ1) is 22.8. The molecular weight excluding hydrogens is 503 g/mol. The summed E-state index contributed by atoms with van der Waals surface area (Å²) < 4.78 is 23.8. The number of carbonyl (C=O) groups excluding carboxylic acids is 3. The van der Waals surface area contributed by atoms with Crippen LogP contribution in [0, 0.1) is 0 Å². The van der Waals surface area contributed by atoms with Crippen LogP contribution in [0.5, 0.6) is 0 Å². The molecule has 1 aromatic rings. The second-order valence-electron chi connectivity index (χ2n) is 6.06. The molecule has 0 aliphatic carbocycles. The fourth-order valence-corrected chi connectivity index (χ4v) is 3.18. The van der Waals surface area contributed by atoms with Crippen molar-refractivity contribution in [3.63, 3.8) is 0 Å². The molecule has 1 aromatic heterocycles. The average molecular weight is 522 g/mol. The van der Waals surface area contributed by atoms with Gasteiger partial charge in [-0.2, -0.15) is 0 Å². The average Bonchev–Trinajstić information content (AvgIpc) is 2.92. The van der Waals surface area contributed by atoms with Crippen LogP contribution in [-0.2, 0) is 33.3 Å². The fourth-order valence-electron chi connectivity index (χ4n) is 2.79. The second kappa shape index (κ2) is 9.82. The van der Waals surface area contributed by atoms with Gasteiger partial charge >= 0.3 is 23.6 Å². The van der Waals surface area contributed by atoms with Gasteiger partial charge in [0.2, 0.25) is 0 Å². The highest BCUT2D eigenvalue weighted by Crippen LogP contribution is 2.33. The number of rotatable bonds is 6. The molecular formula is C17H19IN2O9. The number of aromatic nitrogens is 2. The highest BCUT2D eigenvalue weighted by Gasteiger charge is 2.51. The summed E-state index contributed by atoms with van der Waals surface area (Å²) in [6.45, 7) is 3.17. The van der Waals surface area contributed by atoms with Gasteiger partial charge in [0, 0.05) is 27.0 Å². The largest absolute Gasteiger partial charge is 0.463 e. The first-order valence-electron chi connectivity index (χ1n) is 8.39. The zero-order chi connectivity index (χ0) is 21.7. The van der Waals surface area contributed by atoms with E-state index in [1.807, 2.05) is 22.6 Å². The van der Waals surface area contributed by atoms with Gasteiger partial charge in [0.15, 0.2) is 18.4 Å². The van der Waals surface area contributed by atoms with Crippen molar-refractivity contribution in [3.05, 3.63) is 36.7 Å². The van der Waals surface area contributed by atoms with Crippen LogP contribution in [0.1, 0.15) is 32.6 Å². The van der Waals surface area contributed by atoms with Crippen LogP contribution in [0.3, 0.4) is 0 Å². The van der Waals surface area contributed by atoms with Gasteiger partial charge in [0.25, 0.3) is 5.56 Å². The summed E-state index contributed by atoms with van der Waals surface area (Å²) in [6.07, 6.45) is -1.93. The minimum Gasteiger partial charge on any atom is -0.463 e. The minimum atomic E-state index is -1.24. The fraction of sp³-hybridized carbons (Fsp3) is 0.471. The summed E-state index contributed by atoms with van der Waals surface area (Å²) >= 11 is 1.91. The van der Waals surface area contributed by atoms with E-state index >= 15 is 0 Å². The van der Waals surface area contributed by atoms with Crippen LogP contribution in [0.25, 0.3) is 6.08 Å². The molecule has 2 heterocycles. The number of H-pyrrole nitrogens is 1. The number of carbonyl (C=O) groups is 3. The predicted molar refractivity (Wildman–Crippen MR) is 106 cm³/mol. The molecule has 0 aromatic carbocycles. The van der Waals surface area contributed by atoms with Crippen molar-refractivity contribution in [1.82, 2.24) is 9.55 Å². The van der Waals surface area contributed by atoms with E-state index in [-0.39, 0.29) is 12.2 Å². The molecule has 0 amide bonds. The number of nitrogens with one attached hydrogen (secondary N) is 1. The standard InChI is InChI=1S/C17H19IN2O9/c1-8(21)26-7-12-13(27-9(2)22)14(28-10(3)23)16(29-12)20-6-11(4-5-18)15(24)19-17(20)25/h4-6,12-14,16H,7H2,1-3H3,(H,19,24,25)/b5-4-/t12-,13-,14+,16-/m1/s1. The Bertz CT molecular complexity index is 936. The molecule has 0 unspecified atom stereocenters. The maximum absolute atomic E-state index is 12.4. The Labute approximate surface area is 178 Å². The second-order valence-corrected chi connectivity index (χ2v) is 6.78. The third kappa shape index (κ3) is 5.76. The molecule has 2 rings (SSSR count). The van der Waals surface area contributed by atoms with Crippen LogP contribution in [0.15, 0.2) is 19.9 Å². The van der Waals surface area contributed by atoms with E-state index in [1.54, 1.807) is 4.08 Å². The van der Waals surface area contributed by atoms with E-state index in [0.29, 0.717) is 0 Å². The van der Waals surface area contributed by atoms with Crippen LogP contribution in [0.4, 0.5) is 0 Å². The highest BCUT2D eigenvalue weighted by atomic mass is 127. The van der Waals surface area contributed by atoms with Crippen molar-refractivity contribution in [2.75, 3.05) is 6.61 Å². The molecule has 0 radical (unpaired) electrons. The van der Waals surface area contributed by atoms with E-state index in [0.717, 1.165) is 18.4 Å². The van der Waals surface area contributed by atoms with E-state index < -0.39 is 53.7 Å². The molecule has 1 aliphatic heterocycles. The Balaban J connectivity index is 2.52. The van der Waals surface area contributed by atoms with Crippen LogP contribution in [0.2, 0.25) is 0 Å². The van der Waals surface area contributed by atoms with Gasteiger partial charge in [-0.3, -0.25) is 28.7 Å². The first-order valence-corrected chi connectivity index (χ1v) is 9.64. The highest BCUT2D eigenvalue weighted by molar-refractivity contribution is 14.1. The summed E-state index contributed by atoms with van der Waals surface area (Å²) in [4.78, 5) is 60.8. The van der Waals surface area contributed by atoms with Gasteiger partial charge in [-0.15, -0.1) is 0 Å². The van der Waals surface area contributed by atoms with Crippen molar-refractivity contribution in [1.29, 1.82) is 0 Å². The number of aromatic amines is 1. The maximum Gasteiger partial charge on any atom is 0.330 e. The van der Waals surface area contributed by atoms with Crippen LogP contribution in [-0.4, -0.2) is 52.4 Å². The normalized spacial score (nSPS) is 23.7. The number of hydrogen-bond donors (Lipinski definition) is 1. The van der Waals surface area contributed by atoms with Crippen molar-refractivity contribution in [3.8, 4) is 0 Å². The van der Waals surface area contributed by atoms with Gasteiger partial charge in [0.05, 0.1) is 5.56 Å². The number of hydrogen-bond acceptors (Lipinski definition) is 9. The number of esters is 3. The lowest BCUT2D eigenvalue weighted by atomic mass is 10.1. The quantitative estimate of drug-likeness (QED) is 0.316. The van der Waals surface area contributed by atoms with Crippen LogP contribution >= 0.6 is 22.6 Å². The van der Waals surface area contributed by atoms with E-state index in [2.05, 4.69) is 4.98 Å². The summed E-state index contributed by atoms with van der Waals surface area (Å²) in [5.41, 5.74) is -1.29. The molecule has 4 atom stereocenters. The molecule has 0 saturated carbocycles. The third-order valence-corrected chi connectivity index (χ3v) is 4.21. The van der Waals surface area contributed by atoms with Gasteiger partial charge in [-0.25, -0.2) is 4.79 Å².